The van der Waals surface area contributed by atoms with Crippen LogP contribution in [0.4, 0.5) is 0 Å². The van der Waals surface area contributed by atoms with Crippen LogP contribution in [0.15, 0.2) is 0 Å². The second-order valence-corrected chi connectivity index (χ2v) is 6.87. The second kappa shape index (κ2) is 8.30. The summed E-state index contributed by atoms with van der Waals surface area (Å²) in [4.78, 5) is 23.8. The van der Waals surface area contributed by atoms with Crippen molar-refractivity contribution in [3.8, 4) is 0 Å². The number of morpholine rings is 1. The number of carbonyl (C=O) groups is 2. The van der Waals surface area contributed by atoms with E-state index in [2.05, 4.69) is 0 Å². The molecule has 0 radical (unpaired) electrons. The number of carbonyl (C=O) groups excluding carboxylic acids is 1. The van der Waals surface area contributed by atoms with Crippen LogP contribution in [0.2, 0.25) is 0 Å². The van der Waals surface area contributed by atoms with Gasteiger partial charge >= 0.3 is 5.97 Å². The molecule has 1 aliphatic heterocycles. The third-order valence-corrected chi connectivity index (χ3v) is 4.98. The zero-order valence-corrected chi connectivity index (χ0v) is 13.0. The number of rotatable bonds is 8. The van der Waals surface area contributed by atoms with E-state index in [1.165, 1.54) is 9.21 Å². The summed E-state index contributed by atoms with van der Waals surface area (Å²) in [5.41, 5.74) is 0. The summed E-state index contributed by atoms with van der Waals surface area (Å²) in [6, 6.07) is 0. The number of carboxylic acids is 1. The number of aliphatic carboxylic acids is 1. The van der Waals surface area contributed by atoms with Gasteiger partial charge in [0, 0.05) is 26.1 Å². The fourth-order valence-corrected chi connectivity index (χ4v) is 3.45. The van der Waals surface area contributed by atoms with Gasteiger partial charge in [-0.1, -0.05) is 6.92 Å². The highest BCUT2D eigenvalue weighted by Gasteiger charge is 2.26. The lowest BCUT2D eigenvalue weighted by molar-refractivity contribution is -0.144. The molecule has 0 atom stereocenters. The van der Waals surface area contributed by atoms with Crippen molar-refractivity contribution in [2.45, 2.75) is 19.8 Å². The number of hydrogen-bond donors (Lipinski definition) is 1. The molecule has 1 aliphatic rings. The molecule has 122 valence electrons. The summed E-state index contributed by atoms with van der Waals surface area (Å²) < 4.78 is 30.6. The van der Waals surface area contributed by atoms with Crippen LogP contribution in [-0.2, 0) is 24.3 Å². The van der Waals surface area contributed by atoms with E-state index in [0.717, 1.165) is 0 Å². The number of nitrogens with zero attached hydrogens (tertiary/aromatic N) is 2. The molecule has 8 nitrogen and oxygen atoms in total. The summed E-state index contributed by atoms with van der Waals surface area (Å²) in [5.74, 6) is -1.85. The Kier molecular flexibility index (Phi) is 7.06. The van der Waals surface area contributed by atoms with E-state index < -0.39 is 28.4 Å². The van der Waals surface area contributed by atoms with Gasteiger partial charge in [-0.3, -0.25) is 9.59 Å². The standard InChI is InChI=1S/C12H22N2O6S/c1-2-4-13(10-12(16)17)11(15)3-9-21(18,19)14-5-7-20-8-6-14/h2-10H2,1H3,(H,16,17). The van der Waals surface area contributed by atoms with Gasteiger partial charge in [0.25, 0.3) is 0 Å². The van der Waals surface area contributed by atoms with Gasteiger partial charge in [-0.2, -0.15) is 4.31 Å². The Morgan fingerprint density at radius 2 is 1.90 bits per heavy atom. The molecule has 1 rings (SSSR count). The maximum Gasteiger partial charge on any atom is 0.323 e. The molecule has 1 N–H and O–H groups in total. The average molecular weight is 322 g/mol. The van der Waals surface area contributed by atoms with E-state index in [9.17, 15) is 18.0 Å². The summed E-state index contributed by atoms with van der Waals surface area (Å²) in [7, 11) is -3.50. The van der Waals surface area contributed by atoms with E-state index in [1.807, 2.05) is 6.92 Å². The summed E-state index contributed by atoms with van der Waals surface area (Å²) in [6.07, 6.45) is 0.419. The van der Waals surface area contributed by atoms with E-state index in [4.69, 9.17) is 9.84 Å². The molecule has 0 aliphatic carbocycles. The van der Waals surface area contributed by atoms with Crippen molar-refractivity contribution in [2.75, 3.05) is 45.1 Å². The lowest BCUT2D eigenvalue weighted by Crippen LogP contribution is -2.43. The minimum absolute atomic E-state index is 0.201. The van der Waals surface area contributed by atoms with Crippen LogP contribution >= 0.6 is 0 Å². The lowest BCUT2D eigenvalue weighted by atomic mass is 10.3. The van der Waals surface area contributed by atoms with Crippen LogP contribution < -0.4 is 0 Å². The molecule has 0 spiro atoms. The molecular weight excluding hydrogens is 300 g/mol. The zero-order chi connectivity index (χ0) is 15.9. The first-order valence-electron chi connectivity index (χ1n) is 6.92. The summed E-state index contributed by atoms with van der Waals surface area (Å²) in [5, 5.41) is 8.76. The topological polar surface area (TPSA) is 104 Å². The number of sulfonamides is 1. The molecule has 0 unspecified atom stereocenters. The third kappa shape index (κ3) is 5.98. The predicted octanol–water partition coefficient (Wildman–Crippen LogP) is -0.638. The summed E-state index contributed by atoms with van der Waals surface area (Å²) in [6.45, 7) is 3.04. The van der Waals surface area contributed by atoms with Crippen molar-refractivity contribution in [1.82, 2.24) is 9.21 Å². The second-order valence-electron chi connectivity index (χ2n) is 4.79. The quantitative estimate of drug-likeness (QED) is 0.637. The number of amides is 1. The van der Waals surface area contributed by atoms with Crippen molar-refractivity contribution < 1.29 is 27.9 Å². The molecule has 0 saturated carbocycles. The van der Waals surface area contributed by atoms with Crippen LogP contribution in [0.3, 0.4) is 0 Å². The molecule has 1 heterocycles. The van der Waals surface area contributed by atoms with E-state index >= 15 is 0 Å². The van der Waals surface area contributed by atoms with Crippen molar-refractivity contribution in [1.29, 1.82) is 0 Å². The Bertz CT molecular complexity index is 458. The number of ether oxygens (including phenoxy) is 1. The molecular formula is C12H22N2O6S. The van der Waals surface area contributed by atoms with E-state index in [0.29, 0.717) is 39.3 Å². The van der Waals surface area contributed by atoms with Gasteiger partial charge < -0.3 is 14.7 Å². The van der Waals surface area contributed by atoms with Gasteiger partial charge in [0.1, 0.15) is 6.54 Å². The van der Waals surface area contributed by atoms with Gasteiger partial charge in [0.15, 0.2) is 0 Å². The maximum absolute atomic E-state index is 12.1. The third-order valence-electron chi connectivity index (χ3n) is 3.11. The van der Waals surface area contributed by atoms with Crippen LogP contribution in [0, 0.1) is 0 Å². The molecule has 21 heavy (non-hydrogen) atoms. The van der Waals surface area contributed by atoms with Gasteiger partial charge in [-0.15, -0.1) is 0 Å². The molecule has 1 amide bonds. The van der Waals surface area contributed by atoms with Crippen LogP contribution in [0.5, 0.6) is 0 Å². The van der Waals surface area contributed by atoms with E-state index in [1.54, 1.807) is 0 Å². The Labute approximate surface area is 124 Å². The van der Waals surface area contributed by atoms with Gasteiger partial charge in [0.05, 0.1) is 19.0 Å². The molecule has 0 aromatic carbocycles. The minimum Gasteiger partial charge on any atom is -0.480 e. The van der Waals surface area contributed by atoms with Crippen LogP contribution in [-0.4, -0.2) is 79.8 Å². The first-order chi connectivity index (χ1) is 9.86. The number of carboxylic acid groups (broad SMARTS) is 1. The zero-order valence-electron chi connectivity index (χ0n) is 12.2. The fourth-order valence-electron chi connectivity index (χ4n) is 2.05. The highest BCUT2D eigenvalue weighted by Crippen LogP contribution is 2.08. The first-order valence-corrected chi connectivity index (χ1v) is 8.53. The number of hydrogen-bond acceptors (Lipinski definition) is 5. The Balaban J connectivity index is 2.54. The minimum atomic E-state index is -3.50. The van der Waals surface area contributed by atoms with Crippen LogP contribution in [0.1, 0.15) is 19.8 Å². The lowest BCUT2D eigenvalue weighted by Gasteiger charge is -2.26. The molecule has 0 bridgehead atoms. The monoisotopic (exact) mass is 322 g/mol. The van der Waals surface area contributed by atoms with Crippen molar-refractivity contribution >= 4 is 21.9 Å². The van der Waals surface area contributed by atoms with Crippen molar-refractivity contribution in [3.63, 3.8) is 0 Å². The molecule has 1 saturated heterocycles. The first kappa shape index (κ1) is 17.9. The molecule has 9 heteroatoms. The van der Waals surface area contributed by atoms with Gasteiger partial charge in [-0.05, 0) is 6.42 Å². The largest absolute Gasteiger partial charge is 0.480 e. The van der Waals surface area contributed by atoms with E-state index in [-0.39, 0.29) is 12.2 Å². The molecule has 0 aromatic rings. The fraction of sp³-hybridized carbons (Fsp3) is 0.833. The highest BCUT2D eigenvalue weighted by molar-refractivity contribution is 7.89. The summed E-state index contributed by atoms with van der Waals surface area (Å²) >= 11 is 0. The Morgan fingerprint density at radius 1 is 1.29 bits per heavy atom. The average Bonchev–Trinajstić information content (AvgIpc) is 2.45. The van der Waals surface area contributed by atoms with Crippen molar-refractivity contribution in [3.05, 3.63) is 0 Å². The normalized spacial score (nSPS) is 16.6. The Morgan fingerprint density at radius 3 is 2.43 bits per heavy atom. The predicted molar refractivity (Wildman–Crippen MR) is 75.3 cm³/mol. The van der Waals surface area contributed by atoms with Crippen molar-refractivity contribution in [2.24, 2.45) is 0 Å². The SMILES string of the molecule is CCCN(CC(=O)O)C(=O)CCS(=O)(=O)N1CCOCC1. The van der Waals surface area contributed by atoms with Gasteiger partial charge in [0.2, 0.25) is 15.9 Å². The Hall–Kier alpha value is -1.19. The maximum atomic E-state index is 12.1. The highest BCUT2D eigenvalue weighted by atomic mass is 32.2. The molecule has 1 fully saturated rings. The van der Waals surface area contributed by atoms with Crippen LogP contribution in [0.25, 0.3) is 0 Å². The smallest absolute Gasteiger partial charge is 0.323 e. The van der Waals surface area contributed by atoms with Gasteiger partial charge in [-0.25, -0.2) is 8.42 Å². The molecule has 0 aromatic heterocycles.